The lowest BCUT2D eigenvalue weighted by Crippen LogP contribution is -2.30. The first-order valence-corrected chi connectivity index (χ1v) is 11.6. The molecule has 0 aliphatic rings. The molecule has 0 aliphatic carbocycles. The van der Waals surface area contributed by atoms with E-state index in [-0.39, 0.29) is 28.4 Å². The highest BCUT2D eigenvalue weighted by Gasteiger charge is 2.24. The Bertz CT molecular complexity index is 1290. The van der Waals surface area contributed by atoms with E-state index in [1.54, 1.807) is 37.3 Å². The number of esters is 1. The molecule has 0 heterocycles. The second kappa shape index (κ2) is 10.6. The fourth-order valence-electron chi connectivity index (χ4n) is 3.08. The number of carbonyl (C=O) groups excluding carboxylic acids is 2. The molecule has 0 spiro atoms. The Hall–Kier alpha value is -4.25. The lowest BCUT2D eigenvalue weighted by Gasteiger charge is -2.22. The van der Waals surface area contributed by atoms with Gasteiger partial charge < -0.3 is 10.1 Å². The number of rotatable bonds is 9. The van der Waals surface area contributed by atoms with E-state index in [0.29, 0.717) is 5.69 Å². The molecule has 0 fully saturated rings. The van der Waals surface area contributed by atoms with Gasteiger partial charge in [0.25, 0.3) is 21.6 Å². The van der Waals surface area contributed by atoms with E-state index in [0.717, 1.165) is 0 Å². The number of para-hydroxylation sites is 1. The quantitative estimate of drug-likeness (QED) is 0.279. The van der Waals surface area contributed by atoms with Crippen LogP contribution in [0.1, 0.15) is 17.3 Å². The summed E-state index contributed by atoms with van der Waals surface area (Å²) in [6, 6.07) is 19.1. The van der Waals surface area contributed by atoms with E-state index in [4.69, 9.17) is 4.74 Å². The second-order valence-electron chi connectivity index (χ2n) is 6.96. The molecule has 3 aromatic carbocycles. The summed E-state index contributed by atoms with van der Waals surface area (Å²) in [5.41, 5.74) is 0.565. The summed E-state index contributed by atoms with van der Waals surface area (Å²) < 4.78 is 32.2. The monoisotopic (exact) mass is 483 g/mol. The average molecular weight is 484 g/mol. The van der Waals surface area contributed by atoms with Crippen LogP contribution in [0.15, 0.2) is 83.8 Å². The minimum absolute atomic E-state index is 0.00170. The SMILES string of the molecule is CCN(c1ccccc1)S(=O)(=O)c1ccc(C(=O)OCC(=O)Nc2cccc([N+](=O)[O-])c2)cc1. The van der Waals surface area contributed by atoms with E-state index >= 15 is 0 Å². The lowest BCUT2D eigenvalue weighted by atomic mass is 10.2. The third-order valence-corrected chi connectivity index (χ3v) is 6.60. The van der Waals surface area contributed by atoms with Gasteiger partial charge in [-0.15, -0.1) is 0 Å². The molecule has 11 heteroatoms. The minimum Gasteiger partial charge on any atom is -0.452 e. The minimum atomic E-state index is -3.85. The van der Waals surface area contributed by atoms with Crippen LogP contribution in [0.5, 0.6) is 0 Å². The van der Waals surface area contributed by atoms with Gasteiger partial charge in [0.2, 0.25) is 0 Å². The number of hydrogen-bond acceptors (Lipinski definition) is 7. The molecular formula is C23H21N3O7S. The predicted molar refractivity (Wildman–Crippen MR) is 125 cm³/mol. The van der Waals surface area contributed by atoms with Crippen molar-refractivity contribution in [3.8, 4) is 0 Å². The van der Waals surface area contributed by atoms with Crippen molar-refractivity contribution in [2.24, 2.45) is 0 Å². The standard InChI is InChI=1S/C23H21N3O7S/c1-2-25(19-8-4-3-5-9-19)34(31,32)21-13-11-17(12-14-21)23(28)33-16-22(27)24-18-7-6-10-20(15-18)26(29)30/h3-15H,2,16H2,1H3,(H,24,27). The molecule has 0 radical (unpaired) electrons. The number of ether oxygens (including phenoxy) is 1. The molecule has 0 atom stereocenters. The topological polar surface area (TPSA) is 136 Å². The molecule has 1 N–H and O–H groups in total. The van der Waals surface area contributed by atoms with Crippen LogP contribution in [0.3, 0.4) is 0 Å². The van der Waals surface area contributed by atoms with Crippen molar-refractivity contribution in [3.63, 3.8) is 0 Å². The van der Waals surface area contributed by atoms with Crippen LogP contribution in [0.25, 0.3) is 0 Å². The van der Waals surface area contributed by atoms with Crippen LogP contribution in [-0.4, -0.2) is 38.4 Å². The summed E-state index contributed by atoms with van der Waals surface area (Å²) in [6.07, 6.45) is 0. The van der Waals surface area contributed by atoms with Crippen LogP contribution in [0.4, 0.5) is 17.1 Å². The summed E-state index contributed by atoms with van der Waals surface area (Å²) in [5.74, 6) is -1.51. The van der Waals surface area contributed by atoms with Crippen LogP contribution in [0.2, 0.25) is 0 Å². The van der Waals surface area contributed by atoms with E-state index < -0.39 is 33.4 Å². The zero-order chi connectivity index (χ0) is 24.7. The van der Waals surface area contributed by atoms with Gasteiger partial charge in [-0.1, -0.05) is 24.3 Å². The van der Waals surface area contributed by atoms with E-state index in [2.05, 4.69) is 5.32 Å². The number of non-ortho nitro benzene ring substituents is 1. The number of amides is 1. The maximum absolute atomic E-state index is 13.0. The Morgan fingerprint density at radius 2 is 1.68 bits per heavy atom. The van der Waals surface area contributed by atoms with Crippen molar-refractivity contribution in [1.82, 2.24) is 0 Å². The van der Waals surface area contributed by atoms with Crippen molar-refractivity contribution < 1.29 is 27.7 Å². The maximum atomic E-state index is 13.0. The molecule has 0 aromatic heterocycles. The fraction of sp³-hybridized carbons (Fsp3) is 0.130. The zero-order valence-electron chi connectivity index (χ0n) is 18.1. The molecule has 0 saturated carbocycles. The number of nitro groups is 1. The number of nitrogens with one attached hydrogen (secondary N) is 1. The van der Waals surface area contributed by atoms with Gasteiger partial charge in [0.05, 0.1) is 21.1 Å². The van der Waals surface area contributed by atoms with E-state index in [9.17, 15) is 28.1 Å². The van der Waals surface area contributed by atoms with Gasteiger partial charge >= 0.3 is 5.97 Å². The van der Waals surface area contributed by atoms with Crippen LogP contribution >= 0.6 is 0 Å². The smallest absolute Gasteiger partial charge is 0.338 e. The molecule has 10 nitrogen and oxygen atoms in total. The predicted octanol–water partition coefficient (Wildman–Crippen LogP) is 3.61. The molecule has 3 aromatic rings. The second-order valence-corrected chi connectivity index (χ2v) is 8.82. The number of nitro benzene ring substituents is 1. The van der Waals surface area contributed by atoms with Crippen LogP contribution < -0.4 is 9.62 Å². The van der Waals surface area contributed by atoms with Crippen molar-refractivity contribution in [3.05, 3.63) is 94.5 Å². The maximum Gasteiger partial charge on any atom is 0.338 e. The largest absolute Gasteiger partial charge is 0.452 e. The summed E-state index contributed by atoms with van der Waals surface area (Å²) in [5, 5.41) is 13.2. The summed E-state index contributed by atoms with van der Waals surface area (Å²) in [7, 11) is -3.85. The number of anilines is 2. The van der Waals surface area contributed by atoms with Gasteiger partial charge in [0.1, 0.15) is 0 Å². The van der Waals surface area contributed by atoms with Gasteiger partial charge in [0.15, 0.2) is 6.61 Å². The van der Waals surface area contributed by atoms with Crippen molar-refractivity contribution in [2.75, 3.05) is 22.8 Å². The van der Waals surface area contributed by atoms with Gasteiger partial charge in [-0.3, -0.25) is 19.2 Å². The summed E-state index contributed by atoms with van der Waals surface area (Å²) >= 11 is 0. The zero-order valence-corrected chi connectivity index (χ0v) is 18.9. The molecule has 0 bridgehead atoms. The Morgan fingerprint density at radius 3 is 2.29 bits per heavy atom. The van der Waals surface area contributed by atoms with Gasteiger partial charge in [-0.25, -0.2) is 13.2 Å². The number of carbonyl (C=O) groups is 2. The molecule has 34 heavy (non-hydrogen) atoms. The molecule has 0 saturated heterocycles. The number of sulfonamides is 1. The summed E-state index contributed by atoms with van der Waals surface area (Å²) in [4.78, 5) is 34.5. The molecule has 3 rings (SSSR count). The van der Waals surface area contributed by atoms with E-state index in [1.165, 1.54) is 52.8 Å². The molecular weight excluding hydrogens is 462 g/mol. The van der Waals surface area contributed by atoms with Gasteiger partial charge in [-0.05, 0) is 49.4 Å². The van der Waals surface area contributed by atoms with E-state index in [1.807, 2.05) is 0 Å². The first-order chi connectivity index (χ1) is 16.2. The van der Waals surface area contributed by atoms with Crippen molar-refractivity contribution in [2.45, 2.75) is 11.8 Å². The Labute approximate surface area is 196 Å². The third kappa shape index (κ3) is 5.75. The third-order valence-electron chi connectivity index (χ3n) is 4.68. The highest BCUT2D eigenvalue weighted by atomic mass is 32.2. The van der Waals surface area contributed by atoms with Crippen molar-refractivity contribution in [1.29, 1.82) is 0 Å². The first kappa shape index (κ1) is 24.4. The lowest BCUT2D eigenvalue weighted by molar-refractivity contribution is -0.384. The molecule has 1 amide bonds. The number of hydrogen-bond donors (Lipinski definition) is 1. The highest BCUT2D eigenvalue weighted by molar-refractivity contribution is 7.92. The molecule has 0 unspecified atom stereocenters. The Kier molecular flexibility index (Phi) is 7.59. The normalized spacial score (nSPS) is 10.9. The average Bonchev–Trinajstić information content (AvgIpc) is 2.83. The van der Waals surface area contributed by atoms with Gasteiger partial charge in [0, 0.05) is 24.4 Å². The highest BCUT2D eigenvalue weighted by Crippen LogP contribution is 2.23. The van der Waals surface area contributed by atoms with Crippen LogP contribution in [-0.2, 0) is 19.6 Å². The first-order valence-electron chi connectivity index (χ1n) is 10.1. The fourth-order valence-corrected chi connectivity index (χ4v) is 4.56. The van der Waals surface area contributed by atoms with Crippen molar-refractivity contribution >= 4 is 39.0 Å². The number of benzene rings is 3. The molecule has 0 aliphatic heterocycles. The molecule has 176 valence electrons. The Balaban J connectivity index is 1.63. The van der Waals surface area contributed by atoms with Crippen LogP contribution in [0, 0.1) is 10.1 Å². The summed E-state index contributed by atoms with van der Waals surface area (Å²) in [6.45, 7) is 1.31. The number of nitrogens with zero attached hydrogens (tertiary/aromatic N) is 2. The van der Waals surface area contributed by atoms with Gasteiger partial charge in [-0.2, -0.15) is 0 Å². The Morgan fingerprint density at radius 1 is 1.00 bits per heavy atom.